The van der Waals surface area contributed by atoms with Crippen LogP contribution < -0.4 is 16.5 Å². The summed E-state index contributed by atoms with van der Waals surface area (Å²) in [5.41, 5.74) is 6.07. The van der Waals surface area contributed by atoms with Crippen LogP contribution in [0.25, 0.3) is 0 Å². The lowest BCUT2D eigenvalue weighted by Crippen LogP contribution is -2.41. The average molecular weight is 291 g/mol. The summed E-state index contributed by atoms with van der Waals surface area (Å²) in [5, 5.41) is 2.93. The van der Waals surface area contributed by atoms with Crippen molar-refractivity contribution in [1.82, 2.24) is 4.98 Å². The molecule has 1 aromatic heterocycles. The second-order valence-corrected chi connectivity index (χ2v) is 6.36. The summed E-state index contributed by atoms with van der Waals surface area (Å²) in [6, 6.07) is 1.94. The maximum atomic E-state index is 10.9. The Bertz CT molecular complexity index is 544. The number of aromatic nitrogens is 1. The lowest BCUT2D eigenvalue weighted by molar-refractivity contribution is -0.116. The van der Waals surface area contributed by atoms with Crippen LogP contribution in [0.2, 0.25) is 0 Å². The number of pyridine rings is 1. The normalized spacial score (nSPS) is 19.6. The number of nitrogens with one attached hydrogen (secondary N) is 1. The number of hydrogen-bond donors (Lipinski definition) is 2. The van der Waals surface area contributed by atoms with Gasteiger partial charge in [-0.25, -0.2) is 4.98 Å². The third-order valence-electron chi connectivity index (χ3n) is 3.99. The molecule has 1 fully saturated rings. The first-order valence-corrected chi connectivity index (χ1v) is 6.97. The highest BCUT2D eigenvalue weighted by molar-refractivity contribution is 6.63. The van der Waals surface area contributed by atoms with Gasteiger partial charge in [0.1, 0.15) is 5.82 Å². The van der Waals surface area contributed by atoms with E-state index in [0.717, 1.165) is 11.0 Å². The summed E-state index contributed by atoms with van der Waals surface area (Å²) in [5.74, 6) is 0.107. The summed E-state index contributed by atoms with van der Waals surface area (Å²) in [6.07, 6.45) is 1.72. The van der Waals surface area contributed by atoms with Gasteiger partial charge in [0, 0.05) is 11.7 Å². The van der Waals surface area contributed by atoms with E-state index in [9.17, 15) is 4.79 Å². The van der Waals surface area contributed by atoms with E-state index in [-0.39, 0.29) is 6.54 Å². The molecule has 0 bridgehead atoms. The van der Waals surface area contributed by atoms with Gasteiger partial charge in [-0.1, -0.05) is 6.07 Å². The largest absolute Gasteiger partial charge is 0.498 e. The Kier molecular flexibility index (Phi) is 3.99. The minimum Gasteiger partial charge on any atom is -0.399 e. The molecule has 2 rings (SSSR count). The molecule has 0 saturated carbocycles. The first-order chi connectivity index (χ1) is 9.62. The third kappa shape index (κ3) is 3.19. The number of nitrogens with two attached hydrogens (primary N) is 1. The molecule has 1 aliphatic heterocycles. The highest BCUT2D eigenvalue weighted by Gasteiger charge is 2.52. The monoisotopic (exact) mass is 291 g/mol. The van der Waals surface area contributed by atoms with Crippen LogP contribution in [0.3, 0.4) is 0 Å². The lowest BCUT2D eigenvalue weighted by Gasteiger charge is -2.32. The minimum atomic E-state index is -0.530. The summed E-state index contributed by atoms with van der Waals surface area (Å²) in [4.78, 5) is 15.3. The molecule has 0 spiro atoms. The third-order valence-corrected chi connectivity index (χ3v) is 3.99. The van der Waals surface area contributed by atoms with Gasteiger partial charge in [-0.05, 0) is 40.2 Å². The number of rotatable bonds is 4. The number of anilines is 1. The Hall–Kier alpha value is -1.60. The molecule has 21 heavy (non-hydrogen) atoms. The SMILES string of the molecule is Cc1cnc(NCC(N)=O)c(B2OC(C)(C)C(C)(C)O2)c1. The van der Waals surface area contributed by atoms with Crippen LogP contribution >= 0.6 is 0 Å². The molecule has 1 saturated heterocycles. The Morgan fingerprint density at radius 2 is 1.90 bits per heavy atom. The van der Waals surface area contributed by atoms with Crippen molar-refractivity contribution in [2.45, 2.75) is 45.8 Å². The van der Waals surface area contributed by atoms with Crippen molar-refractivity contribution in [3.63, 3.8) is 0 Å². The number of amides is 1. The van der Waals surface area contributed by atoms with Gasteiger partial charge in [-0.15, -0.1) is 0 Å². The fraction of sp³-hybridized carbons (Fsp3) is 0.571. The number of nitrogens with zero attached hydrogens (tertiary/aromatic N) is 1. The number of hydrogen-bond acceptors (Lipinski definition) is 5. The average Bonchev–Trinajstić information content (AvgIpc) is 2.56. The lowest BCUT2D eigenvalue weighted by atomic mass is 9.78. The molecule has 0 aromatic carbocycles. The second kappa shape index (κ2) is 5.31. The molecule has 3 N–H and O–H groups in total. The van der Waals surface area contributed by atoms with Crippen LogP contribution in [-0.2, 0) is 14.1 Å². The number of carbonyl (C=O) groups excluding carboxylic acids is 1. The van der Waals surface area contributed by atoms with Gasteiger partial charge in [0.15, 0.2) is 0 Å². The van der Waals surface area contributed by atoms with E-state index in [1.165, 1.54) is 0 Å². The molecule has 7 heteroatoms. The van der Waals surface area contributed by atoms with Crippen LogP contribution in [0.15, 0.2) is 12.3 Å². The van der Waals surface area contributed by atoms with Crippen LogP contribution in [0.1, 0.15) is 33.3 Å². The standard InChI is InChI=1S/C14H22BN3O3/c1-9-6-10(12(17-7-9)18-8-11(16)19)15-20-13(2,3)14(4,5)21-15/h6-7H,8H2,1-5H3,(H2,16,19)(H,17,18). The van der Waals surface area contributed by atoms with Gasteiger partial charge in [0.05, 0.1) is 17.7 Å². The van der Waals surface area contributed by atoms with E-state index in [4.69, 9.17) is 15.0 Å². The number of aryl methyl sites for hydroxylation is 1. The summed E-state index contributed by atoms with van der Waals surface area (Å²) < 4.78 is 12.1. The summed E-state index contributed by atoms with van der Waals surface area (Å²) >= 11 is 0. The van der Waals surface area contributed by atoms with Gasteiger partial charge in [0.2, 0.25) is 5.91 Å². The maximum absolute atomic E-state index is 10.9. The highest BCUT2D eigenvalue weighted by Crippen LogP contribution is 2.36. The van der Waals surface area contributed by atoms with E-state index in [1.807, 2.05) is 40.7 Å². The molecule has 114 valence electrons. The van der Waals surface area contributed by atoms with Gasteiger partial charge in [0.25, 0.3) is 0 Å². The van der Waals surface area contributed by atoms with Crippen molar-refractivity contribution < 1.29 is 14.1 Å². The smallest absolute Gasteiger partial charge is 0.399 e. The van der Waals surface area contributed by atoms with Crippen LogP contribution in [0.4, 0.5) is 5.82 Å². The molecule has 1 aromatic rings. The van der Waals surface area contributed by atoms with Crippen molar-refractivity contribution in [3.05, 3.63) is 17.8 Å². The molecule has 1 aliphatic rings. The predicted octanol–water partition coefficient (Wildman–Crippen LogP) is 0.586. The van der Waals surface area contributed by atoms with Crippen LogP contribution in [0.5, 0.6) is 0 Å². The predicted molar refractivity (Wildman–Crippen MR) is 82.4 cm³/mol. The molecule has 6 nitrogen and oxygen atoms in total. The first-order valence-electron chi connectivity index (χ1n) is 6.97. The zero-order valence-electron chi connectivity index (χ0n) is 13.2. The van der Waals surface area contributed by atoms with E-state index >= 15 is 0 Å². The Balaban J connectivity index is 2.31. The zero-order valence-corrected chi connectivity index (χ0v) is 13.2. The van der Waals surface area contributed by atoms with Gasteiger partial charge < -0.3 is 20.4 Å². The minimum absolute atomic E-state index is 0.0164. The van der Waals surface area contributed by atoms with E-state index in [0.29, 0.717) is 5.82 Å². The van der Waals surface area contributed by atoms with Crippen LogP contribution in [0, 0.1) is 6.92 Å². The molecule has 0 atom stereocenters. The quantitative estimate of drug-likeness (QED) is 0.793. The number of carbonyl (C=O) groups is 1. The fourth-order valence-corrected chi connectivity index (χ4v) is 2.06. The summed E-state index contributed by atoms with van der Waals surface area (Å²) in [7, 11) is -0.530. The van der Waals surface area contributed by atoms with Crippen molar-refractivity contribution in [2.75, 3.05) is 11.9 Å². The van der Waals surface area contributed by atoms with Crippen LogP contribution in [-0.4, -0.2) is 35.8 Å². The molecule has 1 amide bonds. The van der Waals surface area contributed by atoms with E-state index in [2.05, 4.69) is 10.3 Å². The first kappa shape index (κ1) is 15.8. The maximum Gasteiger partial charge on any atom is 0.498 e. The Morgan fingerprint density at radius 3 is 2.43 bits per heavy atom. The molecule has 0 radical (unpaired) electrons. The Morgan fingerprint density at radius 1 is 1.33 bits per heavy atom. The van der Waals surface area contributed by atoms with Crippen molar-refractivity contribution in [3.8, 4) is 0 Å². The van der Waals surface area contributed by atoms with Crippen molar-refractivity contribution in [1.29, 1.82) is 0 Å². The summed E-state index contributed by atoms with van der Waals surface area (Å²) in [6.45, 7) is 9.93. The second-order valence-electron chi connectivity index (χ2n) is 6.36. The van der Waals surface area contributed by atoms with Gasteiger partial charge >= 0.3 is 7.12 Å². The molecular formula is C14H22BN3O3. The highest BCUT2D eigenvalue weighted by atomic mass is 16.7. The molecule has 2 heterocycles. The molecule has 0 aliphatic carbocycles. The molecule has 0 unspecified atom stereocenters. The van der Waals surface area contributed by atoms with Crippen molar-refractivity contribution >= 4 is 24.3 Å². The zero-order chi connectivity index (χ0) is 15.8. The van der Waals surface area contributed by atoms with E-state index < -0.39 is 24.2 Å². The van der Waals surface area contributed by atoms with Gasteiger partial charge in [-0.3, -0.25) is 4.79 Å². The van der Waals surface area contributed by atoms with Crippen molar-refractivity contribution in [2.24, 2.45) is 5.73 Å². The van der Waals surface area contributed by atoms with Gasteiger partial charge in [-0.2, -0.15) is 0 Å². The number of primary amides is 1. The molecular weight excluding hydrogens is 269 g/mol. The fourth-order valence-electron chi connectivity index (χ4n) is 2.06. The topological polar surface area (TPSA) is 86.5 Å². The Labute approximate surface area is 125 Å². The van der Waals surface area contributed by atoms with E-state index in [1.54, 1.807) is 6.20 Å².